The van der Waals surface area contributed by atoms with Crippen LogP contribution in [0, 0.1) is 0 Å². The van der Waals surface area contributed by atoms with Gasteiger partial charge in [-0.3, -0.25) is 0 Å². The zero-order valence-electron chi connectivity index (χ0n) is 9.62. The minimum atomic E-state index is -0.357. The molecule has 0 saturated carbocycles. The van der Waals surface area contributed by atoms with Gasteiger partial charge in [0.1, 0.15) is 5.75 Å². The standard InChI is InChI=1S/C13H11Cl3OS/c1-2-17-10-6-4-3-5-8(10)12(15)9-7-11(14)18-13(9)16/h3-7,12H,2H2,1H3. The fourth-order valence-corrected chi connectivity index (χ4v) is 3.68. The highest BCUT2D eigenvalue weighted by Gasteiger charge is 2.20. The zero-order valence-corrected chi connectivity index (χ0v) is 12.7. The number of ether oxygens (including phenoxy) is 1. The number of hydrogen-bond donors (Lipinski definition) is 0. The van der Waals surface area contributed by atoms with E-state index >= 15 is 0 Å². The molecule has 0 aliphatic carbocycles. The van der Waals surface area contributed by atoms with Crippen molar-refractivity contribution in [1.82, 2.24) is 0 Å². The van der Waals surface area contributed by atoms with Gasteiger partial charge in [0.25, 0.3) is 0 Å². The summed E-state index contributed by atoms with van der Waals surface area (Å²) in [5, 5.41) is -0.357. The van der Waals surface area contributed by atoms with Gasteiger partial charge in [0.05, 0.1) is 20.7 Å². The van der Waals surface area contributed by atoms with Crippen molar-refractivity contribution in [2.75, 3.05) is 6.61 Å². The van der Waals surface area contributed by atoms with Gasteiger partial charge in [-0.1, -0.05) is 41.4 Å². The van der Waals surface area contributed by atoms with Gasteiger partial charge in [-0.2, -0.15) is 0 Å². The quantitative estimate of drug-likeness (QED) is 0.648. The molecule has 96 valence electrons. The molecular weight excluding hydrogens is 311 g/mol. The Morgan fingerprint density at radius 2 is 1.94 bits per heavy atom. The van der Waals surface area contributed by atoms with Crippen LogP contribution < -0.4 is 4.74 Å². The lowest BCUT2D eigenvalue weighted by Crippen LogP contribution is -1.99. The zero-order chi connectivity index (χ0) is 13.1. The number of para-hydroxylation sites is 1. The topological polar surface area (TPSA) is 9.23 Å². The molecule has 1 atom stereocenters. The Kier molecular flexibility index (Phi) is 4.79. The third-order valence-corrected chi connectivity index (χ3v) is 4.44. The molecule has 0 N–H and O–H groups in total. The Labute approximate surface area is 125 Å². The van der Waals surface area contributed by atoms with Crippen LogP contribution in [-0.2, 0) is 0 Å². The molecule has 0 aliphatic rings. The van der Waals surface area contributed by atoms with Crippen LogP contribution in [0.4, 0.5) is 0 Å². The van der Waals surface area contributed by atoms with Crippen LogP contribution in [0.2, 0.25) is 8.67 Å². The SMILES string of the molecule is CCOc1ccccc1C(Cl)c1cc(Cl)sc1Cl. The summed E-state index contributed by atoms with van der Waals surface area (Å²) in [5.74, 6) is 0.776. The molecule has 2 rings (SSSR count). The molecule has 2 aromatic rings. The molecule has 0 saturated heterocycles. The van der Waals surface area contributed by atoms with Crippen LogP contribution in [-0.4, -0.2) is 6.61 Å². The van der Waals surface area contributed by atoms with Crippen LogP contribution in [0.25, 0.3) is 0 Å². The molecule has 0 amide bonds. The molecule has 1 nitrogen and oxygen atoms in total. The van der Waals surface area contributed by atoms with E-state index in [0.717, 1.165) is 16.9 Å². The largest absolute Gasteiger partial charge is 0.494 e. The summed E-state index contributed by atoms with van der Waals surface area (Å²) in [5.41, 5.74) is 1.72. The molecule has 0 fully saturated rings. The summed E-state index contributed by atoms with van der Waals surface area (Å²) < 4.78 is 6.82. The molecule has 1 aromatic carbocycles. The van der Waals surface area contributed by atoms with Crippen molar-refractivity contribution in [2.24, 2.45) is 0 Å². The fraction of sp³-hybridized carbons (Fsp3) is 0.231. The van der Waals surface area contributed by atoms with E-state index in [-0.39, 0.29) is 5.38 Å². The van der Waals surface area contributed by atoms with E-state index in [9.17, 15) is 0 Å². The summed E-state index contributed by atoms with van der Waals surface area (Å²) in [6.45, 7) is 2.53. The summed E-state index contributed by atoms with van der Waals surface area (Å²) in [4.78, 5) is 0. The van der Waals surface area contributed by atoms with E-state index in [1.165, 1.54) is 11.3 Å². The van der Waals surface area contributed by atoms with Crippen LogP contribution in [0.1, 0.15) is 23.4 Å². The first-order valence-corrected chi connectivity index (χ1v) is 7.45. The molecule has 18 heavy (non-hydrogen) atoms. The number of hydrogen-bond acceptors (Lipinski definition) is 2. The number of alkyl halides is 1. The first kappa shape index (κ1) is 14.0. The number of thiophene rings is 1. The second-order valence-electron chi connectivity index (χ2n) is 3.61. The number of rotatable bonds is 4. The Balaban J connectivity index is 2.39. The van der Waals surface area contributed by atoms with Crippen molar-refractivity contribution in [3.63, 3.8) is 0 Å². The van der Waals surface area contributed by atoms with Gasteiger partial charge in [-0.05, 0) is 19.1 Å². The van der Waals surface area contributed by atoms with E-state index in [4.69, 9.17) is 39.5 Å². The van der Waals surface area contributed by atoms with Crippen LogP contribution in [0.3, 0.4) is 0 Å². The van der Waals surface area contributed by atoms with Gasteiger partial charge in [0, 0.05) is 11.1 Å². The van der Waals surface area contributed by atoms with Crippen molar-refractivity contribution >= 4 is 46.1 Å². The van der Waals surface area contributed by atoms with Crippen LogP contribution >= 0.6 is 46.1 Å². The van der Waals surface area contributed by atoms with Crippen LogP contribution in [0.15, 0.2) is 30.3 Å². The predicted octanol–water partition coefficient (Wildman–Crippen LogP) is 5.78. The van der Waals surface area contributed by atoms with Crippen molar-refractivity contribution < 1.29 is 4.74 Å². The maximum Gasteiger partial charge on any atom is 0.124 e. The second kappa shape index (κ2) is 6.16. The Morgan fingerprint density at radius 3 is 2.56 bits per heavy atom. The summed E-state index contributed by atoms with van der Waals surface area (Å²) in [6, 6.07) is 9.48. The fourth-order valence-electron chi connectivity index (χ4n) is 1.67. The molecule has 1 heterocycles. The molecule has 0 bridgehead atoms. The average molecular weight is 322 g/mol. The van der Waals surface area contributed by atoms with Crippen molar-refractivity contribution in [1.29, 1.82) is 0 Å². The number of halogens is 3. The molecule has 0 radical (unpaired) electrons. The van der Waals surface area contributed by atoms with Gasteiger partial charge in [-0.15, -0.1) is 22.9 Å². The molecular formula is C13H11Cl3OS. The lowest BCUT2D eigenvalue weighted by molar-refractivity contribution is 0.337. The molecule has 0 spiro atoms. The predicted molar refractivity (Wildman–Crippen MR) is 79.6 cm³/mol. The van der Waals surface area contributed by atoms with Crippen molar-refractivity contribution in [3.05, 3.63) is 50.1 Å². The van der Waals surface area contributed by atoms with E-state index in [1.54, 1.807) is 6.07 Å². The normalized spacial score (nSPS) is 12.4. The maximum absolute atomic E-state index is 6.47. The maximum atomic E-state index is 6.47. The Bertz CT molecular complexity index is 539. The molecule has 5 heteroatoms. The van der Waals surface area contributed by atoms with Gasteiger partial charge in [0.15, 0.2) is 0 Å². The Hall–Kier alpha value is -0.410. The second-order valence-corrected chi connectivity index (χ2v) is 6.33. The summed E-state index contributed by atoms with van der Waals surface area (Å²) >= 11 is 19.9. The van der Waals surface area contributed by atoms with E-state index in [1.807, 2.05) is 31.2 Å². The minimum absolute atomic E-state index is 0.357. The highest BCUT2D eigenvalue weighted by atomic mass is 35.5. The third kappa shape index (κ3) is 2.94. The lowest BCUT2D eigenvalue weighted by Gasteiger charge is -2.14. The minimum Gasteiger partial charge on any atom is -0.494 e. The number of benzene rings is 1. The monoisotopic (exact) mass is 320 g/mol. The van der Waals surface area contributed by atoms with Gasteiger partial charge in [0.2, 0.25) is 0 Å². The highest BCUT2D eigenvalue weighted by molar-refractivity contribution is 7.20. The highest BCUT2D eigenvalue weighted by Crippen LogP contribution is 2.42. The smallest absolute Gasteiger partial charge is 0.124 e. The van der Waals surface area contributed by atoms with Gasteiger partial charge in [-0.25, -0.2) is 0 Å². The first-order chi connectivity index (χ1) is 8.63. The van der Waals surface area contributed by atoms with E-state index in [0.29, 0.717) is 15.3 Å². The molecule has 0 aliphatic heterocycles. The molecule has 1 aromatic heterocycles. The average Bonchev–Trinajstić information content (AvgIpc) is 2.69. The first-order valence-electron chi connectivity index (χ1n) is 5.44. The van der Waals surface area contributed by atoms with Gasteiger partial charge >= 0.3 is 0 Å². The van der Waals surface area contributed by atoms with Crippen molar-refractivity contribution in [2.45, 2.75) is 12.3 Å². The van der Waals surface area contributed by atoms with Gasteiger partial charge < -0.3 is 4.74 Å². The lowest BCUT2D eigenvalue weighted by atomic mass is 10.1. The Morgan fingerprint density at radius 1 is 1.22 bits per heavy atom. The summed E-state index contributed by atoms with van der Waals surface area (Å²) in [6.07, 6.45) is 0. The van der Waals surface area contributed by atoms with Crippen molar-refractivity contribution in [3.8, 4) is 5.75 Å². The molecule has 1 unspecified atom stereocenters. The third-order valence-electron chi connectivity index (χ3n) is 2.45. The van der Waals surface area contributed by atoms with E-state index in [2.05, 4.69) is 0 Å². The summed E-state index contributed by atoms with van der Waals surface area (Å²) in [7, 11) is 0. The van der Waals surface area contributed by atoms with Crippen LogP contribution in [0.5, 0.6) is 5.75 Å². The van der Waals surface area contributed by atoms with E-state index < -0.39 is 0 Å².